The molecule has 2 bridgehead atoms. The van der Waals surface area contributed by atoms with E-state index in [0.29, 0.717) is 11.6 Å². The van der Waals surface area contributed by atoms with Gasteiger partial charge in [-0.1, -0.05) is 5.16 Å². The van der Waals surface area contributed by atoms with E-state index in [4.69, 9.17) is 10.0 Å². The van der Waals surface area contributed by atoms with E-state index < -0.39 is 5.54 Å². The molecule has 2 unspecified atom stereocenters. The lowest BCUT2D eigenvalue weighted by atomic mass is 9.63. The summed E-state index contributed by atoms with van der Waals surface area (Å²) < 4.78 is 0. The molecule has 5 nitrogen and oxygen atoms in total. The van der Waals surface area contributed by atoms with Gasteiger partial charge >= 0.3 is 5.97 Å². The SMILES string of the molecule is CC(=O)ON1C2(C)CCC(C/C2=N\O)C1(C)C. The summed E-state index contributed by atoms with van der Waals surface area (Å²) in [5.74, 6) is 0.0266. The number of hydrogen-bond acceptors (Lipinski definition) is 5. The molecule has 96 valence electrons. The van der Waals surface area contributed by atoms with Gasteiger partial charge in [0.25, 0.3) is 0 Å². The Morgan fingerprint density at radius 1 is 1.53 bits per heavy atom. The number of piperidine rings is 2. The van der Waals surface area contributed by atoms with Crippen molar-refractivity contribution in [2.45, 2.75) is 58.0 Å². The van der Waals surface area contributed by atoms with Gasteiger partial charge in [-0.3, -0.25) is 4.79 Å². The van der Waals surface area contributed by atoms with Crippen molar-refractivity contribution in [3.05, 3.63) is 0 Å². The number of rotatable bonds is 1. The fourth-order valence-corrected chi connectivity index (χ4v) is 3.27. The van der Waals surface area contributed by atoms with Gasteiger partial charge in [0.1, 0.15) is 0 Å². The summed E-state index contributed by atoms with van der Waals surface area (Å²) in [5, 5.41) is 14.3. The molecule has 3 aliphatic rings. The van der Waals surface area contributed by atoms with Crippen molar-refractivity contribution in [1.82, 2.24) is 5.06 Å². The van der Waals surface area contributed by atoms with Crippen LogP contribution in [0.1, 0.15) is 47.0 Å². The van der Waals surface area contributed by atoms with Crippen molar-refractivity contribution in [3.63, 3.8) is 0 Å². The van der Waals surface area contributed by atoms with Crippen LogP contribution in [-0.2, 0) is 9.63 Å². The van der Waals surface area contributed by atoms with Gasteiger partial charge in [0, 0.05) is 6.92 Å². The normalized spacial score (nSPS) is 38.4. The summed E-state index contributed by atoms with van der Waals surface area (Å²) >= 11 is 0. The van der Waals surface area contributed by atoms with Crippen LogP contribution in [-0.4, -0.2) is 33.0 Å². The maximum Gasteiger partial charge on any atom is 0.322 e. The Kier molecular flexibility index (Phi) is 2.69. The van der Waals surface area contributed by atoms with Gasteiger partial charge in [-0.05, 0) is 46.0 Å². The molecule has 3 fully saturated rings. The number of fused-ring (bicyclic) bond motifs is 3. The Labute approximate surface area is 101 Å². The fraction of sp³-hybridized carbons (Fsp3) is 0.833. The molecular weight excluding hydrogens is 220 g/mol. The first-order valence-corrected chi connectivity index (χ1v) is 6.02. The Morgan fingerprint density at radius 2 is 2.18 bits per heavy atom. The van der Waals surface area contributed by atoms with Crippen LogP contribution in [0.3, 0.4) is 0 Å². The Morgan fingerprint density at radius 3 is 2.71 bits per heavy atom. The topological polar surface area (TPSA) is 62.1 Å². The smallest absolute Gasteiger partial charge is 0.322 e. The molecule has 2 atom stereocenters. The summed E-state index contributed by atoms with van der Waals surface area (Å²) in [4.78, 5) is 16.6. The van der Waals surface area contributed by atoms with Crippen molar-refractivity contribution in [1.29, 1.82) is 0 Å². The first-order valence-electron chi connectivity index (χ1n) is 6.02. The highest BCUT2D eigenvalue weighted by Crippen LogP contribution is 2.50. The average Bonchev–Trinajstić information content (AvgIpc) is 2.23. The molecule has 0 amide bonds. The van der Waals surface area contributed by atoms with Crippen LogP contribution in [0.4, 0.5) is 0 Å². The Hall–Kier alpha value is -1.10. The number of oxime groups is 1. The first-order chi connectivity index (χ1) is 7.82. The molecule has 17 heavy (non-hydrogen) atoms. The second-order valence-electron chi connectivity index (χ2n) is 5.79. The maximum atomic E-state index is 11.2. The standard InChI is InChI=1S/C12H20N2O3/c1-8(15)17-14-11(2,3)9-5-6-12(14,4)10(7-9)13-16/h9,16H,5-7H2,1-4H3/b13-10+. The lowest BCUT2D eigenvalue weighted by Gasteiger charge is -2.59. The van der Waals surface area contributed by atoms with E-state index in [-0.39, 0.29) is 11.5 Å². The predicted molar refractivity (Wildman–Crippen MR) is 62.7 cm³/mol. The van der Waals surface area contributed by atoms with Gasteiger partial charge in [0.15, 0.2) is 0 Å². The van der Waals surface area contributed by atoms with Gasteiger partial charge in [-0.15, -0.1) is 5.06 Å². The van der Waals surface area contributed by atoms with Gasteiger partial charge < -0.3 is 10.0 Å². The molecule has 0 radical (unpaired) electrons. The minimum Gasteiger partial charge on any atom is -0.411 e. The van der Waals surface area contributed by atoms with Crippen molar-refractivity contribution in [2.24, 2.45) is 11.1 Å². The average molecular weight is 240 g/mol. The van der Waals surface area contributed by atoms with Gasteiger partial charge in [-0.2, -0.15) is 0 Å². The second-order valence-corrected chi connectivity index (χ2v) is 5.79. The molecule has 1 saturated carbocycles. The van der Waals surface area contributed by atoms with E-state index >= 15 is 0 Å². The van der Waals surface area contributed by atoms with Gasteiger partial charge in [-0.25, -0.2) is 0 Å². The maximum absolute atomic E-state index is 11.2. The largest absolute Gasteiger partial charge is 0.411 e. The summed E-state index contributed by atoms with van der Waals surface area (Å²) in [6, 6.07) is 0. The zero-order valence-electron chi connectivity index (χ0n) is 10.9. The van der Waals surface area contributed by atoms with E-state index in [1.807, 2.05) is 6.92 Å². The molecule has 0 aromatic heterocycles. The quantitative estimate of drug-likeness (QED) is 0.562. The summed E-state index contributed by atoms with van der Waals surface area (Å²) in [5.41, 5.74) is 0.0280. The molecular formula is C12H20N2O3. The molecule has 0 spiro atoms. The molecule has 1 N–H and O–H groups in total. The zero-order valence-corrected chi connectivity index (χ0v) is 10.9. The number of nitrogens with zero attached hydrogens (tertiary/aromatic N) is 2. The first kappa shape index (κ1) is 12.4. The van der Waals surface area contributed by atoms with Crippen LogP contribution in [0.25, 0.3) is 0 Å². The lowest BCUT2D eigenvalue weighted by Crippen LogP contribution is -2.71. The molecule has 2 heterocycles. The third kappa shape index (κ3) is 1.64. The van der Waals surface area contributed by atoms with Gasteiger partial charge in [0.2, 0.25) is 0 Å². The Balaban J connectivity index is 2.42. The van der Waals surface area contributed by atoms with E-state index in [0.717, 1.165) is 19.3 Å². The Bertz CT molecular complexity index is 378. The van der Waals surface area contributed by atoms with Crippen LogP contribution in [0.2, 0.25) is 0 Å². The second kappa shape index (κ2) is 3.70. The van der Waals surface area contributed by atoms with Crippen LogP contribution >= 0.6 is 0 Å². The number of carbonyl (C=O) groups is 1. The van der Waals surface area contributed by atoms with Crippen LogP contribution in [0, 0.1) is 5.92 Å². The summed E-state index contributed by atoms with van der Waals surface area (Å²) in [6.45, 7) is 7.53. The van der Waals surface area contributed by atoms with E-state index in [1.165, 1.54) is 6.92 Å². The van der Waals surface area contributed by atoms with Crippen molar-refractivity contribution in [2.75, 3.05) is 0 Å². The van der Waals surface area contributed by atoms with Crippen LogP contribution < -0.4 is 0 Å². The summed E-state index contributed by atoms with van der Waals surface area (Å²) in [6.07, 6.45) is 2.70. The number of carbonyl (C=O) groups excluding carboxylic acids is 1. The molecule has 0 aromatic carbocycles. The van der Waals surface area contributed by atoms with E-state index in [1.54, 1.807) is 5.06 Å². The number of hydrogen-bond donors (Lipinski definition) is 1. The minimum absolute atomic E-state index is 0.215. The molecule has 2 saturated heterocycles. The van der Waals surface area contributed by atoms with Crippen LogP contribution in [0.15, 0.2) is 5.16 Å². The molecule has 5 heteroatoms. The molecule has 2 aliphatic heterocycles. The summed E-state index contributed by atoms with van der Waals surface area (Å²) in [7, 11) is 0. The van der Waals surface area contributed by atoms with Crippen LogP contribution in [0.5, 0.6) is 0 Å². The molecule has 0 aromatic rings. The minimum atomic E-state index is -0.474. The van der Waals surface area contributed by atoms with E-state index in [2.05, 4.69) is 19.0 Å². The highest BCUT2D eigenvalue weighted by Gasteiger charge is 2.59. The number of hydroxylamine groups is 2. The highest BCUT2D eigenvalue weighted by molar-refractivity contribution is 5.94. The lowest BCUT2D eigenvalue weighted by molar-refractivity contribution is -0.272. The third-order valence-electron chi connectivity index (χ3n) is 4.35. The van der Waals surface area contributed by atoms with Gasteiger partial charge in [0.05, 0.1) is 16.8 Å². The monoisotopic (exact) mass is 240 g/mol. The zero-order chi connectivity index (χ0) is 12.8. The highest BCUT2D eigenvalue weighted by atomic mass is 16.7. The fourth-order valence-electron chi connectivity index (χ4n) is 3.27. The van der Waals surface area contributed by atoms with Crippen molar-refractivity contribution < 1.29 is 14.8 Å². The van der Waals surface area contributed by atoms with Crippen molar-refractivity contribution >= 4 is 11.7 Å². The van der Waals surface area contributed by atoms with Crippen molar-refractivity contribution in [3.8, 4) is 0 Å². The third-order valence-corrected chi connectivity index (χ3v) is 4.35. The molecule has 1 aliphatic carbocycles. The predicted octanol–water partition coefficient (Wildman–Crippen LogP) is 1.95. The van der Waals surface area contributed by atoms with E-state index in [9.17, 15) is 4.79 Å². The molecule has 3 rings (SSSR count).